The van der Waals surface area contributed by atoms with E-state index in [9.17, 15) is 9.59 Å². The zero-order valence-electron chi connectivity index (χ0n) is 19.1. The van der Waals surface area contributed by atoms with Crippen LogP contribution in [0.5, 0.6) is 17.2 Å². The highest BCUT2D eigenvalue weighted by Gasteiger charge is 2.17. The van der Waals surface area contributed by atoms with Crippen molar-refractivity contribution < 1.29 is 19.0 Å². The maximum absolute atomic E-state index is 13.3. The number of nitrogens with zero attached hydrogens (tertiary/aromatic N) is 2. The van der Waals surface area contributed by atoms with Gasteiger partial charge in [0.15, 0.2) is 10.9 Å². The van der Waals surface area contributed by atoms with Crippen molar-refractivity contribution in [2.24, 2.45) is 0 Å². The fourth-order valence-corrected chi connectivity index (χ4v) is 4.43. The van der Waals surface area contributed by atoms with E-state index in [0.29, 0.717) is 39.7 Å². The summed E-state index contributed by atoms with van der Waals surface area (Å²) >= 11 is 1.23. The Kier molecular flexibility index (Phi) is 7.18. The molecule has 0 amide bonds. The summed E-state index contributed by atoms with van der Waals surface area (Å²) in [6.07, 6.45) is 0. The van der Waals surface area contributed by atoms with Crippen molar-refractivity contribution in [2.45, 2.75) is 11.7 Å². The number of carbonyl (C=O) groups excluding carboxylic acids is 1. The standard InChI is InChI=1S/C26H24N2O5S/c1-31-18-10-8-17(9-11-18)15-28-25(30)20-6-4-5-7-22(20)27-26(28)34-16-23(29)21-13-12-19(32-2)14-24(21)33-3/h4-14H,15-16H2,1-3H3. The van der Waals surface area contributed by atoms with Crippen molar-refractivity contribution in [3.63, 3.8) is 0 Å². The second-order valence-electron chi connectivity index (χ2n) is 7.43. The molecule has 3 aromatic carbocycles. The highest BCUT2D eigenvalue weighted by atomic mass is 32.2. The molecule has 0 radical (unpaired) electrons. The first-order chi connectivity index (χ1) is 16.5. The zero-order valence-corrected chi connectivity index (χ0v) is 19.9. The van der Waals surface area contributed by atoms with Crippen LogP contribution in [0.15, 0.2) is 76.7 Å². The molecule has 0 atom stereocenters. The molecule has 0 aliphatic rings. The molecule has 34 heavy (non-hydrogen) atoms. The Morgan fingerprint density at radius 1 is 0.912 bits per heavy atom. The Bertz CT molecular complexity index is 1380. The van der Waals surface area contributed by atoms with Gasteiger partial charge in [-0.05, 0) is 42.0 Å². The molecule has 174 valence electrons. The zero-order chi connectivity index (χ0) is 24.1. The van der Waals surface area contributed by atoms with E-state index in [2.05, 4.69) is 0 Å². The maximum Gasteiger partial charge on any atom is 0.262 e. The summed E-state index contributed by atoms with van der Waals surface area (Å²) in [6, 6.07) is 19.8. The SMILES string of the molecule is COc1ccc(Cn2c(SCC(=O)c3ccc(OC)cc3OC)nc3ccccc3c2=O)cc1. The number of fused-ring (bicyclic) bond motifs is 1. The summed E-state index contributed by atoms with van der Waals surface area (Å²) < 4.78 is 17.4. The number of carbonyl (C=O) groups is 1. The second-order valence-corrected chi connectivity index (χ2v) is 8.37. The second kappa shape index (κ2) is 10.4. The lowest BCUT2D eigenvalue weighted by molar-refractivity contribution is 0.101. The van der Waals surface area contributed by atoms with Gasteiger partial charge in [-0.25, -0.2) is 4.98 Å². The van der Waals surface area contributed by atoms with Crippen LogP contribution in [0.3, 0.4) is 0 Å². The van der Waals surface area contributed by atoms with Crippen molar-refractivity contribution >= 4 is 28.4 Å². The number of ether oxygens (including phenoxy) is 3. The molecule has 0 N–H and O–H groups in total. The van der Waals surface area contributed by atoms with Gasteiger partial charge in [0, 0.05) is 6.07 Å². The van der Waals surface area contributed by atoms with Gasteiger partial charge in [-0.15, -0.1) is 0 Å². The molecule has 0 saturated carbocycles. The van der Waals surface area contributed by atoms with E-state index in [4.69, 9.17) is 19.2 Å². The van der Waals surface area contributed by atoms with E-state index in [0.717, 1.165) is 11.3 Å². The summed E-state index contributed by atoms with van der Waals surface area (Å²) in [7, 11) is 4.67. The minimum atomic E-state index is -0.154. The Morgan fingerprint density at radius 2 is 1.62 bits per heavy atom. The summed E-state index contributed by atoms with van der Waals surface area (Å²) in [5, 5.41) is 1.00. The number of benzene rings is 3. The van der Waals surface area contributed by atoms with Gasteiger partial charge >= 0.3 is 0 Å². The summed E-state index contributed by atoms with van der Waals surface area (Å²) in [5.41, 5.74) is 1.81. The number of hydrogen-bond acceptors (Lipinski definition) is 7. The number of para-hydroxylation sites is 1. The average molecular weight is 477 g/mol. The van der Waals surface area contributed by atoms with Gasteiger partial charge in [0.1, 0.15) is 17.2 Å². The molecule has 0 aliphatic carbocycles. The molecule has 0 fully saturated rings. The van der Waals surface area contributed by atoms with Gasteiger partial charge in [0.05, 0.1) is 50.1 Å². The van der Waals surface area contributed by atoms with Crippen molar-refractivity contribution in [3.8, 4) is 17.2 Å². The van der Waals surface area contributed by atoms with E-state index < -0.39 is 0 Å². The van der Waals surface area contributed by atoms with E-state index >= 15 is 0 Å². The molecule has 8 heteroatoms. The Hall–Kier alpha value is -3.78. The first-order valence-corrected chi connectivity index (χ1v) is 11.5. The highest BCUT2D eigenvalue weighted by Crippen LogP contribution is 2.27. The molecule has 4 rings (SSSR count). The first kappa shape index (κ1) is 23.4. The Morgan fingerprint density at radius 3 is 2.32 bits per heavy atom. The van der Waals surface area contributed by atoms with Crippen LogP contribution in [0.25, 0.3) is 10.9 Å². The predicted molar refractivity (Wildman–Crippen MR) is 133 cm³/mol. The summed E-state index contributed by atoms with van der Waals surface area (Å²) in [4.78, 5) is 31.0. The molecule has 0 bridgehead atoms. The summed E-state index contributed by atoms with van der Waals surface area (Å²) in [6.45, 7) is 0.322. The van der Waals surface area contributed by atoms with Crippen LogP contribution in [0.4, 0.5) is 0 Å². The van der Waals surface area contributed by atoms with E-state index in [1.807, 2.05) is 36.4 Å². The summed E-state index contributed by atoms with van der Waals surface area (Å²) in [5.74, 6) is 1.73. The molecule has 0 spiro atoms. The fourth-order valence-electron chi connectivity index (χ4n) is 3.55. The van der Waals surface area contributed by atoms with Gasteiger partial charge in [-0.3, -0.25) is 14.2 Å². The van der Waals surface area contributed by atoms with E-state index in [1.54, 1.807) is 49.1 Å². The number of methoxy groups -OCH3 is 3. The maximum atomic E-state index is 13.3. The number of rotatable bonds is 9. The van der Waals surface area contributed by atoms with Crippen LogP contribution in [0.1, 0.15) is 15.9 Å². The van der Waals surface area contributed by atoms with Crippen LogP contribution < -0.4 is 19.8 Å². The number of thioether (sulfide) groups is 1. The minimum absolute atomic E-state index is 0.0933. The number of Topliss-reactive ketones (excluding diaryl/α,β-unsaturated/α-hetero) is 1. The lowest BCUT2D eigenvalue weighted by Crippen LogP contribution is -2.24. The van der Waals surface area contributed by atoms with Crippen LogP contribution in [0.2, 0.25) is 0 Å². The molecule has 7 nitrogen and oxygen atoms in total. The fraction of sp³-hybridized carbons (Fsp3) is 0.192. The third-order valence-electron chi connectivity index (χ3n) is 5.37. The number of hydrogen-bond donors (Lipinski definition) is 0. The third kappa shape index (κ3) is 4.92. The molecule has 1 heterocycles. The van der Waals surface area contributed by atoms with Crippen LogP contribution >= 0.6 is 11.8 Å². The van der Waals surface area contributed by atoms with Gasteiger partial charge in [-0.2, -0.15) is 0 Å². The molecule has 0 aliphatic heterocycles. The number of ketones is 1. The average Bonchev–Trinajstić information content (AvgIpc) is 2.89. The quantitative estimate of drug-likeness (QED) is 0.201. The van der Waals surface area contributed by atoms with E-state index in [1.165, 1.54) is 18.9 Å². The van der Waals surface area contributed by atoms with Crippen LogP contribution in [0, 0.1) is 0 Å². The molecular formula is C26H24N2O5S. The Labute approximate surface area is 201 Å². The number of aromatic nitrogens is 2. The van der Waals surface area contributed by atoms with Crippen molar-refractivity contribution in [1.29, 1.82) is 0 Å². The lowest BCUT2D eigenvalue weighted by atomic mass is 10.1. The molecule has 0 unspecified atom stereocenters. The van der Waals surface area contributed by atoms with Crippen LogP contribution in [-0.4, -0.2) is 42.4 Å². The van der Waals surface area contributed by atoms with Crippen molar-refractivity contribution in [3.05, 3.63) is 88.2 Å². The lowest BCUT2D eigenvalue weighted by Gasteiger charge is -2.14. The predicted octanol–water partition coefficient (Wildman–Crippen LogP) is 4.45. The van der Waals surface area contributed by atoms with Crippen LogP contribution in [-0.2, 0) is 6.54 Å². The minimum Gasteiger partial charge on any atom is -0.497 e. The van der Waals surface area contributed by atoms with Crippen molar-refractivity contribution in [2.75, 3.05) is 27.1 Å². The van der Waals surface area contributed by atoms with Gasteiger partial charge < -0.3 is 14.2 Å². The Balaban J connectivity index is 1.66. The van der Waals surface area contributed by atoms with Gasteiger partial charge in [-0.1, -0.05) is 36.0 Å². The smallest absolute Gasteiger partial charge is 0.262 e. The van der Waals surface area contributed by atoms with Gasteiger partial charge in [0.2, 0.25) is 0 Å². The molecular weight excluding hydrogens is 452 g/mol. The van der Waals surface area contributed by atoms with Crippen molar-refractivity contribution in [1.82, 2.24) is 9.55 Å². The molecule has 1 aromatic heterocycles. The molecule has 4 aromatic rings. The highest BCUT2D eigenvalue weighted by molar-refractivity contribution is 7.99. The monoisotopic (exact) mass is 476 g/mol. The largest absolute Gasteiger partial charge is 0.497 e. The first-order valence-electron chi connectivity index (χ1n) is 10.5. The third-order valence-corrected chi connectivity index (χ3v) is 6.34. The van der Waals surface area contributed by atoms with E-state index in [-0.39, 0.29) is 17.1 Å². The molecule has 0 saturated heterocycles. The van der Waals surface area contributed by atoms with Gasteiger partial charge in [0.25, 0.3) is 5.56 Å². The topological polar surface area (TPSA) is 79.7 Å². The normalized spacial score (nSPS) is 10.8.